The van der Waals surface area contributed by atoms with Crippen molar-refractivity contribution in [1.29, 1.82) is 0 Å². The van der Waals surface area contributed by atoms with Gasteiger partial charge >= 0.3 is 0 Å². The number of hydrogen-bond donors (Lipinski definition) is 2. The lowest BCUT2D eigenvalue weighted by Gasteiger charge is -2.58. The van der Waals surface area contributed by atoms with Gasteiger partial charge in [-0.05, 0) is 43.1 Å². The molecule has 0 aromatic carbocycles. The second-order valence-corrected chi connectivity index (χ2v) is 8.22. The Morgan fingerprint density at radius 3 is 2.55 bits per heavy atom. The van der Waals surface area contributed by atoms with Crippen molar-refractivity contribution < 1.29 is 15.0 Å². The molecule has 3 aliphatic rings. The van der Waals surface area contributed by atoms with Gasteiger partial charge in [0, 0.05) is 12.5 Å². The monoisotopic (exact) mass is 306 g/mol. The molecule has 2 unspecified atom stereocenters. The molecule has 2 saturated carbocycles. The number of hydrazone groups is 1. The number of carbonyl (C=O) groups is 1. The Balaban J connectivity index is 2.15. The van der Waals surface area contributed by atoms with Crippen molar-refractivity contribution in [2.75, 3.05) is 7.05 Å². The maximum atomic E-state index is 12.6. The lowest BCUT2D eigenvalue weighted by atomic mass is 9.45. The lowest BCUT2D eigenvalue weighted by molar-refractivity contribution is -0.136. The molecule has 5 heteroatoms. The molecule has 0 radical (unpaired) electrons. The molecule has 122 valence electrons. The number of fused-ring (bicyclic) bond motifs is 3. The van der Waals surface area contributed by atoms with Crippen molar-refractivity contribution >= 4 is 11.6 Å². The molecule has 22 heavy (non-hydrogen) atoms. The standard InChI is InChI=1S/C17H26N2O3/c1-15(2)11-6-7-16(3)13(18-19(5)14(16)22)17(11,4)8-10(9-20)12(15)21/h9,11-12,20-21H,6-8H2,1-5H3/b10-9-/t11-,12?,16?,17-/m0/s1. The number of aliphatic hydroxyl groups excluding tert-OH is 2. The van der Waals surface area contributed by atoms with Crippen LogP contribution in [0.4, 0.5) is 0 Å². The predicted octanol–water partition coefficient (Wildman–Crippen LogP) is 2.47. The first kappa shape index (κ1) is 15.5. The number of amides is 1. The van der Waals surface area contributed by atoms with Crippen LogP contribution in [0.5, 0.6) is 0 Å². The van der Waals surface area contributed by atoms with Gasteiger partial charge in [0.2, 0.25) is 0 Å². The van der Waals surface area contributed by atoms with E-state index in [9.17, 15) is 15.0 Å². The summed E-state index contributed by atoms with van der Waals surface area (Å²) in [6.45, 7) is 8.22. The quantitative estimate of drug-likeness (QED) is 0.675. The normalized spacial score (nSPS) is 45.5. The summed E-state index contributed by atoms with van der Waals surface area (Å²) >= 11 is 0. The molecule has 1 heterocycles. The van der Waals surface area contributed by atoms with Crippen LogP contribution in [-0.2, 0) is 4.79 Å². The van der Waals surface area contributed by atoms with Crippen molar-refractivity contribution in [2.45, 2.75) is 53.1 Å². The minimum absolute atomic E-state index is 0.0561. The van der Waals surface area contributed by atoms with Crippen LogP contribution in [0.2, 0.25) is 0 Å². The highest BCUT2D eigenvalue weighted by molar-refractivity contribution is 6.14. The van der Waals surface area contributed by atoms with Gasteiger partial charge in [0.05, 0.1) is 23.5 Å². The number of nitrogens with zero attached hydrogens (tertiary/aromatic N) is 2. The van der Waals surface area contributed by atoms with Crippen LogP contribution in [0, 0.1) is 22.2 Å². The molecular formula is C17H26N2O3. The van der Waals surface area contributed by atoms with E-state index in [2.05, 4.69) is 12.0 Å². The molecule has 0 aromatic heterocycles. The largest absolute Gasteiger partial charge is 0.516 e. The predicted molar refractivity (Wildman–Crippen MR) is 84.3 cm³/mol. The first-order chi connectivity index (χ1) is 10.1. The SMILES string of the molecule is CN1N=C2C(C)(CC[C@H]3C(C)(C)C(O)/C(=C\O)C[C@]23C)C1=O. The van der Waals surface area contributed by atoms with E-state index in [1.54, 1.807) is 7.05 Å². The first-order valence-corrected chi connectivity index (χ1v) is 7.98. The van der Waals surface area contributed by atoms with Gasteiger partial charge in [-0.2, -0.15) is 5.10 Å². The number of carbonyl (C=O) groups excluding carboxylic acids is 1. The highest BCUT2D eigenvalue weighted by Gasteiger charge is 2.64. The molecule has 0 aromatic rings. The zero-order valence-electron chi connectivity index (χ0n) is 14.1. The van der Waals surface area contributed by atoms with Crippen molar-refractivity contribution in [1.82, 2.24) is 5.01 Å². The molecule has 1 amide bonds. The smallest absolute Gasteiger partial charge is 0.254 e. The van der Waals surface area contributed by atoms with E-state index in [0.717, 1.165) is 24.8 Å². The van der Waals surface area contributed by atoms with E-state index in [1.165, 1.54) is 5.01 Å². The summed E-state index contributed by atoms with van der Waals surface area (Å²) in [5.74, 6) is 0.283. The zero-order valence-corrected chi connectivity index (χ0v) is 14.1. The van der Waals surface area contributed by atoms with Gasteiger partial charge in [-0.1, -0.05) is 20.8 Å². The van der Waals surface area contributed by atoms with Gasteiger partial charge in [0.15, 0.2) is 0 Å². The Morgan fingerprint density at radius 2 is 1.95 bits per heavy atom. The summed E-state index contributed by atoms with van der Waals surface area (Å²) in [5.41, 5.74) is 0.333. The third-order valence-electron chi connectivity index (χ3n) is 6.47. The Morgan fingerprint density at radius 1 is 1.32 bits per heavy atom. The van der Waals surface area contributed by atoms with E-state index in [0.29, 0.717) is 12.0 Å². The minimum atomic E-state index is -0.657. The zero-order chi connectivity index (χ0) is 16.5. The van der Waals surface area contributed by atoms with Crippen molar-refractivity contribution in [3.63, 3.8) is 0 Å². The summed E-state index contributed by atoms with van der Waals surface area (Å²) in [7, 11) is 1.71. The summed E-state index contributed by atoms with van der Waals surface area (Å²) in [6, 6.07) is 0. The Hall–Kier alpha value is -1.36. The number of aliphatic hydroxyl groups is 2. The molecule has 4 atom stereocenters. The number of hydrogen-bond acceptors (Lipinski definition) is 4. The van der Waals surface area contributed by atoms with Crippen molar-refractivity contribution in [3.05, 3.63) is 11.8 Å². The molecule has 2 fully saturated rings. The van der Waals surface area contributed by atoms with Gasteiger partial charge in [-0.15, -0.1) is 0 Å². The van der Waals surface area contributed by atoms with Gasteiger partial charge in [-0.3, -0.25) is 4.79 Å². The van der Waals surface area contributed by atoms with Crippen LogP contribution in [0.3, 0.4) is 0 Å². The first-order valence-electron chi connectivity index (χ1n) is 7.98. The third kappa shape index (κ3) is 1.63. The fourth-order valence-electron chi connectivity index (χ4n) is 5.36. The summed E-state index contributed by atoms with van der Waals surface area (Å²) in [4.78, 5) is 12.6. The van der Waals surface area contributed by atoms with Crippen molar-refractivity contribution in [3.8, 4) is 0 Å². The topological polar surface area (TPSA) is 73.1 Å². The lowest BCUT2D eigenvalue weighted by Crippen LogP contribution is -2.60. The Bertz CT molecular complexity index is 595. The molecular weight excluding hydrogens is 280 g/mol. The van der Waals surface area contributed by atoms with E-state index in [4.69, 9.17) is 0 Å². The van der Waals surface area contributed by atoms with E-state index in [1.807, 2.05) is 20.8 Å². The summed E-state index contributed by atoms with van der Waals surface area (Å²) < 4.78 is 0. The second-order valence-electron chi connectivity index (χ2n) is 8.22. The molecule has 2 N–H and O–H groups in total. The molecule has 1 aliphatic heterocycles. The van der Waals surface area contributed by atoms with E-state index >= 15 is 0 Å². The van der Waals surface area contributed by atoms with E-state index in [-0.39, 0.29) is 22.7 Å². The van der Waals surface area contributed by atoms with Crippen LogP contribution >= 0.6 is 0 Å². The fraction of sp³-hybridized carbons (Fsp3) is 0.765. The van der Waals surface area contributed by atoms with Gasteiger partial charge in [0.1, 0.15) is 0 Å². The average molecular weight is 306 g/mol. The van der Waals surface area contributed by atoms with E-state index < -0.39 is 11.5 Å². The number of rotatable bonds is 0. The maximum Gasteiger partial charge on any atom is 0.254 e. The van der Waals surface area contributed by atoms with Gasteiger partial charge in [-0.25, -0.2) is 5.01 Å². The van der Waals surface area contributed by atoms with Gasteiger partial charge in [0.25, 0.3) is 5.91 Å². The summed E-state index contributed by atoms with van der Waals surface area (Å²) in [6.07, 6.45) is 2.59. The second kappa shape index (κ2) is 4.34. The molecule has 0 saturated heterocycles. The third-order valence-corrected chi connectivity index (χ3v) is 6.47. The summed E-state index contributed by atoms with van der Waals surface area (Å²) in [5, 5.41) is 26.2. The highest BCUT2D eigenvalue weighted by Crippen LogP contribution is 2.62. The van der Waals surface area contributed by atoms with Crippen LogP contribution in [0.15, 0.2) is 16.9 Å². The molecule has 2 aliphatic carbocycles. The van der Waals surface area contributed by atoms with Crippen LogP contribution in [-0.4, -0.2) is 40.0 Å². The Kier molecular flexibility index (Phi) is 3.07. The molecule has 0 bridgehead atoms. The van der Waals surface area contributed by atoms with Crippen molar-refractivity contribution in [2.24, 2.45) is 27.3 Å². The van der Waals surface area contributed by atoms with Crippen LogP contribution in [0.25, 0.3) is 0 Å². The van der Waals surface area contributed by atoms with Crippen LogP contribution < -0.4 is 0 Å². The molecule has 5 nitrogen and oxygen atoms in total. The average Bonchev–Trinajstić information content (AvgIpc) is 2.68. The van der Waals surface area contributed by atoms with Gasteiger partial charge < -0.3 is 10.2 Å². The minimum Gasteiger partial charge on any atom is -0.516 e. The molecule has 0 spiro atoms. The molecule has 3 rings (SSSR count). The highest BCUT2D eigenvalue weighted by atomic mass is 16.3. The Labute approximate surface area is 131 Å². The maximum absolute atomic E-state index is 12.6. The van der Waals surface area contributed by atoms with Crippen LogP contribution in [0.1, 0.15) is 47.0 Å². The fourth-order valence-corrected chi connectivity index (χ4v) is 5.36.